The average Bonchev–Trinajstić information content (AvgIpc) is 2.96. The van der Waals surface area contributed by atoms with Crippen LogP contribution in [0.15, 0.2) is 18.2 Å². The summed E-state index contributed by atoms with van der Waals surface area (Å²) in [6.07, 6.45) is -4.36. The Hall–Kier alpha value is -2.16. The molecule has 1 aromatic rings. The van der Waals surface area contributed by atoms with Crippen LogP contribution in [-0.2, 0) is 15.8 Å². The van der Waals surface area contributed by atoms with Crippen molar-refractivity contribution >= 4 is 17.5 Å². The second-order valence-electron chi connectivity index (χ2n) is 5.23. The number of halogens is 4. The topological polar surface area (TPSA) is 69.6 Å². The Morgan fingerprint density at radius 2 is 2.04 bits per heavy atom. The van der Waals surface area contributed by atoms with E-state index in [9.17, 15) is 27.2 Å². The second-order valence-corrected chi connectivity index (χ2v) is 5.23. The van der Waals surface area contributed by atoms with Gasteiger partial charge >= 0.3 is 18.0 Å². The molecule has 2 N–H and O–H groups in total. The van der Waals surface area contributed by atoms with Gasteiger partial charge in [-0.25, -0.2) is 4.39 Å². The highest BCUT2D eigenvalue weighted by Crippen LogP contribution is 2.35. The van der Waals surface area contributed by atoms with Crippen LogP contribution in [0.25, 0.3) is 0 Å². The van der Waals surface area contributed by atoms with E-state index in [0.717, 1.165) is 17.0 Å². The molecule has 1 fully saturated rings. The number of aliphatic hydroxyl groups excluding tert-OH is 1. The summed E-state index contributed by atoms with van der Waals surface area (Å²) in [7, 11) is 0. The van der Waals surface area contributed by atoms with Crippen LogP contribution in [0.5, 0.6) is 0 Å². The second kappa shape index (κ2) is 6.53. The van der Waals surface area contributed by atoms with Crippen LogP contribution in [0.2, 0.25) is 0 Å². The number of nitrogens with one attached hydrogen (secondary N) is 1. The maximum absolute atomic E-state index is 13.0. The standard InChI is InChI=1S/C14H14F4N2O3/c15-9-1-2-11(10(5-9)14(16,17)18)19-12(22)13(23)20-4-3-8(6-20)7-21/h1-2,5,8,21H,3-4,6-7H2,(H,19,22). The van der Waals surface area contributed by atoms with Crippen LogP contribution in [0, 0.1) is 11.7 Å². The number of carbonyl (C=O) groups is 2. The van der Waals surface area contributed by atoms with Gasteiger partial charge in [0.25, 0.3) is 0 Å². The normalized spacial score (nSPS) is 18.1. The quantitative estimate of drug-likeness (QED) is 0.638. The van der Waals surface area contributed by atoms with E-state index in [1.54, 1.807) is 0 Å². The molecule has 9 heteroatoms. The molecule has 0 saturated carbocycles. The smallest absolute Gasteiger partial charge is 0.396 e. The Balaban J connectivity index is 2.13. The first-order valence-corrected chi connectivity index (χ1v) is 6.80. The first kappa shape index (κ1) is 17.2. The molecule has 1 atom stereocenters. The molecule has 1 heterocycles. The van der Waals surface area contributed by atoms with Gasteiger partial charge in [-0.2, -0.15) is 13.2 Å². The van der Waals surface area contributed by atoms with Crippen molar-refractivity contribution in [3.8, 4) is 0 Å². The van der Waals surface area contributed by atoms with E-state index in [1.165, 1.54) is 0 Å². The van der Waals surface area contributed by atoms with E-state index >= 15 is 0 Å². The van der Waals surface area contributed by atoms with Gasteiger partial charge in [-0.1, -0.05) is 0 Å². The first-order valence-electron chi connectivity index (χ1n) is 6.80. The molecule has 2 rings (SSSR count). The Morgan fingerprint density at radius 3 is 2.61 bits per heavy atom. The van der Waals surface area contributed by atoms with Gasteiger partial charge < -0.3 is 15.3 Å². The summed E-state index contributed by atoms with van der Waals surface area (Å²) in [5, 5.41) is 10.9. The number of hydrogen-bond acceptors (Lipinski definition) is 3. The van der Waals surface area contributed by atoms with Gasteiger partial charge in [0.2, 0.25) is 0 Å². The van der Waals surface area contributed by atoms with E-state index in [1.807, 2.05) is 5.32 Å². The zero-order chi connectivity index (χ0) is 17.2. The fourth-order valence-electron chi connectivity index (χ4n) is 2.35. The molecule has 1 aromatic carbocycles. The van der Waals surface area contributed by atoms with Gasteiger partial charge in [-0.05, 0) is 24.6 Å². The van der Waals surface area contributed by atoms with Crippen molar-refractivity contribution < 1.29 is 32.3 Å². The van der Waals surface area contributed by atoms with Crippen molar-refractivity contribution in [1.82, 2.24) is 4.90 Å². The Morgan fingerprint density at radius 1 is 1.35 bits per heavy atom. The monoisotopic (exact) mass is 334 g/mol. The summed E-state index contributed by atoms with van der Waals surface area (Å²) in [6, 6.07) is 1.76. The van der Waals surface area contributed by atoms with Crippen LogP contribution in [-0.4, -0.2) is 41.5 Å². The van der Waals surface area contributed by atoms with E-state index in [-0.39, 0.29) is 31.7 Å². The lowest BCUT2D eigenvalue weighted by molar-refractivity contribution is -0.142. The summed E-state index contributed by atoms with van der Waals surface area (Å²) in [5.41, 5.74) is -2.05. The number of carbonyl (C=O) groups excluding carboxylic acids is 2. The third kappa shape index (κ3) is 3.98. The minimum atomic E-state index is -4.87. The molecule has 0 spiro atoms. The minimum absolute atomic E-state index is 0.137. The number of rotatable bonds is 2. The molecule has 1 saturated heterocycles. The predicted molar refractivity (Wildman–Crippen MR) is 71.8 cm³/mol. The highest BCUT2D eigenvalue weighted by Gasteiger charge is 2.36. The molecule has 1 aliphatic rings. The molecule has 126 valence electrons. The van der Waals surface area contributed by atoms with Crippen molar-refractivity contribution in [3.63, 3.8) is 0 Å². The van der Waals surface area contributed by atoms with Crippen LogP contribution in [0.1, 0.15) is 12.0 Å². The largest absolute Gasteiger partial charge is 0.418 e. The Bertz CT molecular complexity index is 619. The van der Waals surface area contributed by atoms with Gasteiger partial charge in [0.05, 0.1) is 11.3 Å². The summed E-state index contributed by atoms with van der Waals surface area (Å²) in [6.45, 7) is 0.271. The maximum Gasteiger partial charge on any atom is 0.418 e. The lowest BCUT2D eigenvalue weighted by Gasteiger charge is -2.17. The SMILES string of the molecule is O=C(Nc1ccc(F)cc1C(F)(F)F)C(=O)N1CCC(CO)C1. The van der Waals surface area contributed by atoms with E-state index in [4.69, 9.17) is 5.11 Å². The lowest BCUT2D eigenvalue weighted by atomic mass is 10.1. The first-order chi connectivity index (χ1) is 10.7. The zero-order valence-corrected chi connectivity index (χ0v) is 11.9. The number of nitrogens with zero attached hydrogens (tertiary/aromatic N) is 1. The summed E-state index contributed by atoms with van der Waals surface area (Å²) >= 11 is 0. The third-order valence-corrected chi connectivity index (χ3v) is 3.56. The average molecular weight is 334 g/mol. The molecule has 0 aliphatic carbocycles. The van der Waals surface area contributed by atoms with Gasteiger partial charge in [-0.3, -0.25) is 9.59 Å². The Labute approximate surface area is 128 Å². The van der Waals surface area contributed by atoms with Crippen LogP contribution >= 0.6 is 0 Å². The molecule has 1 aliphatic heterocycles. The van der Waals surface area contributed by atoms with Crippen LogP contribution in [0.4, 0.5) is 23.2 Å². The van der Waals surface area contributed by atoms with Crippen molar-refractivity contribution in [2.75, 3.05) is 25.0 Å². The molecular weight excluding hydrogens is 320 g/mol. The van der Waals surface area contributed by atoms with Gasteiger partial charge in [0.15, 0.2) is 0 Å². The molecule has 0 bridgehead atoms. The highest BCUT2D eigenvalue weighted by molar-refractivity contribution is 6.39. The third-order valence-electron chi connectivity index (χ3n) is 3.56. The minimum Gasteiger partial charge on any atom is -0.396 e. The lowest BCUT2D eigenvalue weighted by Crippen LogP contribution is -2.38. The van der Waals surface area contributed by atoms with Crippen LogP contribution in [0.3, 0.4) is 0 Å². The summed E-state index contributed by atoms with van der Waals surface area (Å²) < 4.78 is 51.5. The number of hydrogen-bond donors (Lipinski definition) is 2. The fraction of sp³-hybridized carbons (Fsp3) is 0.429. The summed E-state index contributed by atoms with van der Waals surface area (Å²) in [5.74, 6) is -3.48. The molecule has 5 nitrogen and oxygen atoms in total. The number of benzene rings is 1. The molecule has 2 amide bonds. The molecule has 0 aromatic heterocycles. The van der Waals surface area contributed by atoms with Gasteiger partial charge in [0, 0.05) is 25.6 Å². The molecular formula is C14H14F4N2O3. The number of likely N-dealkylation sites (tertiary alicyclic amines) is 1. The predicted octanol–water partition coefficient (Wildman–Crippen LogP) is 1.62. The van der Waals surface area contributed by atoms with Crippen molar-refractivity contribution in [2.45, 2.75) is 12.6 Å². The van der Waals surface area contributed by atoms with Gasteiger partial charge in [0.1, 0.15) is 5.82 Å². The fourth-order valence-corrected chi connectivity index (χ4v) is 2.35. The number of alkyl halides is 3. The number of anilines is 1. The van der Waals surface area contributed by atoms with Crippen LogP contribution < -0.4 is 5.32 Å². The van der Waals surface area contributed by atoms with Crippen molar-refractivity contribution in [3.05, 3.63) is 29.6 Å². The van der Waals surface area contributed by atoms with Crippen molar-refractivity contribution in [1.29, 1.82) is 0 Å². The number of aliphatic hydroxyl groups is 1. The molecule has 23 heavy (non-hydrogen) atoms. The van der Waals surface area contributed by atoms with Crippen molar-refractivity contribution in [2.24, 2.45) is 5.92 Å². The van der Waals surface area contributed by atoms with E-state index in [2.05, 4.69) is 0 Å². The number of amides is 2. The maximum atomic E-state index is 13.0. The summed E-state index contributed by atoms with van der Waals surface area (Å²) in [4.78, 5) is 24.9. The Kier molecular flexibility index (Phi) is 4.88. The van der Waals surface area contributed by atoms with Gasteiger partial charge in [-0.15, -0.1) is 0 Å². The highest BCUT2D eigenvalue weighted by atomic mass is 19.4. The van der Waals surface area contributed by atoms with E-state index < -0.39 is 35.1 Å². The zero-order valence-electron chi connectivity index (χ0n) is 11.9. The molecule has 0 radical (unpaired) electrons. The molecule has 1 unspecified atom stereocenters. The van der Waals surface area contributed by atoms with E-state index in [0.29, 0.717) is 6.42 Å².